The lowest BCUT2D eigenvalue weighted by Gasteiger charge is -2.05. The van der Waals surface area contributed by atoms with E-state index in [-0.39, 0.29) is 6.61 Å². The summed E-state index contributed by atoms with van der Waals surface area (Å²) in [4.78, 5) is 0. The zero-order valence-corrected chi connectivity index (χ0v) is 7.42. The lowest BCUT2D eigenvalue weighted by atomic mass is 10.1. The monoisotopic (exact) mass is 160 g/mol. The largest absolute Gasteiger partial charge is 0.394 e. The van der Waals surface area contributed by atoms with E-state index in [0.29, 0.717) is 0 Å². The molecule has 0 fully saturated rings. The SMILES string of the molecule is CCCCCCC[C@H](O)CO. The van der Waals surface area contributed by atoms with Gasteiger partial charge < -0.3 is 10.2 Å². The van der Waals surface area contributed by atoms with E-state index in [0.717, 1.165) is 12.8 Å². The molecule has 0 heterocycles. The second kappa shape index (κ2) is 8.02. The third-order valence-electron chi connectivity index (χ3n) is 1.85. The molecule has 0 saturated heterocycles. The summed E-state index contributed by atoms with van der Waals surface area (Å²) in [6, 6.07) is 0. The van der Waals surface area contributed by atoms with Gasteiger partial charge in [0, 0.05) is 0 Å². The summed E-state index contributed by atoms with van der Waals surface area (Å²) in [6.07, 6.45) is 6.29. The fraction of sp³-hybridized carbons (Fsp3) is 1.00. The number of aliphatic hydroxyl groups excluding tert-OH is 2. The van der Waals surface area contributed by atoms with Crippen LogP contribution in [0.15, 0.2) is 0 Å². The lowest BCUT2D eigenvalue weighted by molar-refractivity contribution is 0.0860. The van der Waals surface area contributed by atoms with Crippen molar-refractivity contribution >= 4 is 0 Å². The topological polar surface area (TPSA) is 40.5 Å². The van der Waals surface area contributed by atoms with Crippen LogP contribution in [0.5, 0.6) is 0 Å². The highest BCUT2D eigenvalue weighted by atomic mass is 16.3. The molecule has 1 atom stereocenters. The standard InChI is InChI=1S/C9H20O2/c1-2-3-4-5-6-7-9(11)8-10/h9-11H,2-8H2,1H3/t9-/m0/s1. The summed E-state index contributed by atoms with van der Waals surface area (Å²) in [5.74, 6) is 0. The molecule has 2 nitrogen and oxygen atoms in total. The van der Waals surface area contributed by atoms with Crippen LogP contribution >= 0.6 is 0 Å². The molecule has 0 rings (SSSR count). The molecule has 0 radical (unpaired) electrons. The van der Waals surface area contributed by atoms with Gasteiger partial charge in [0.1, 0.15) is 0 Å². The van der Waals surface area contributed by atoms with Crippen molar-refractivity contribution in [1.82, 2.24) is 0 Å². The highest BCUT2D eigenvalue weighted by Gasteiger charge is 1.99. The Balaban J connectivity index is 2.89. The van der Waals surface area contributed by atoms with Crippen LogP contribution < -0.4 is 0 Å². The Kier molecular flexibility index (Phi) is 7.96. The maximum absolute atomic E-state index is 8.96. The van der Waals surface area contributed by atoms with E-state index in [4.69, 9.17) is 10.2 Å². The van der Waals surface area contributed by atoms with Crippen molar-refractivity contribution in [1.29, 1.82) is 0 Å². The summed E-state index contributed by atoms with van der Waals surface area (Å²) in [6.45, 7) is 2.09. The average Bonchev–Trinajstić information content (AvgIpc) is 2.04. The molecule has 11 heavy (non-hydrogen) atoms. The van der Waals surface area contributed by atoms with Gasteiger partial charge in [-0.05, 0) is 6.42 Å². The Hall–Kier alpha value is -0.0800. The molecule has 68 valence electrons. The van der Waals surface area contributed by atoms with Gasteiger partial charge in [-0.1, -0.05) is 39.0 Å². The van der Waals surface area contributed by atoms with Crippen molar-refractivity contribution in [3.63, 3.8) is 0 Å². The predicted molar refractivity (Wildman–Crippen MR) is 46.5 cm³/mol. The van der Waals surface area contributed by atoms with Gasteiger partial charge >= 0.3 is 0 Å². The van der Waals surface area contributed by atoms with Crippen molar-refractivity contribution in [3.05, 3.63) is 0 Å². The van der Waals surface area contributed by atoms with Gasteiger partial charge in [0.05, 0.1) is 12.7 Å². The van der Waals surface area contributed by atoms with Gasteiger partial charge in [-0.25, -0.2) is 0 Å². The molecule has 0 aromatic heterocycles. The first-order chi connectivity index (χ1) is 5.31. The zero-order valence-electron chi connectivity index (χ0n) is 7.42. The third kappa shape index (κ3) is 7.82. The van der Waals surface area contributed by atoms with Crippen molar-refractivity contribution in [2.75, 3.05) is 6.61 Å². The molecule has 0 spiro atoms. The van der Waals surface area contributed by atoms with Crippen LogP contribution in [0.4, 0.5) is 0 Å². The molecule has 0 aliphatic heterocycles. The number of hydrogen-bond donors (Lipinski definition) is 2. The van der Waals surface area contributed by atoms with Crippen LogP contribution in [0.2, 0.25) is 0 Å². The van der Waals surface area contributed by atoms with Crippen LogP contribution in [0.3, 0.4) is 0 Å². The minimum atomic E-state index is -0.489. The van der Waals surface area contributed by atoms with Gasteiger partial charge in [-0.2, -0.15) is 0 Å². The highest BCUT2D eigenvalue weighted by molar-refractivity contribution is 4.52. The number of unbranched alkanes of at least 4 members (excludes halogenated alkanes) is 4. The number of aliphatic hydroxyl groups is 2. The molecular weight excluding hydrogens is 140 g/mol. The molecular formula is C9H20O2. The summed E-state index contributed by atoms with van der Waals surface area (Å²) in [5.41, 5.74) is 0. The summed E-state index contributed by atoms with van der Waals surface area (Å²) >= 11 is 0. The van der Waals surface area contributed by atoms with E-state index >= 15 is 0 Å². The Bertz CT molecular complexity index is 74.0. The van der Waals surface area contributed by atoms with E-state index < -0.39 is 6.10 Å². The molecule has 0 aromatic rings. The Labute approximate surface area is 69.2 Å². The Morgan fingerprint density at radius 3 is 2.27 bits per heavy atom. The highest BCUT2D eigenvalue weighted by Crippen LogP contribution is 2.06. The molecule has 0 saturated carbocycles. The Morgan fingerprint density at radius 2 is 1.73 bits per heavy atom. The van der Waals surface area contributed by atoms with Crippen LogP contribution in [0.1, 0.15) is 45.4 Å². The van der Waals surface area contributed by atoms with Crippen molar-refractivity contribution < 1.29 is 10.2 Å². The number of hydrogen-bond acceptors (Lipinski definition) is 2. The molecule has 0 aliphatic rings. The molecule has 0 amide bonds. The second-order valence-electron chi connectivity index (χ2n) is 3.04. The molecule has 0 aromatic carbocycles. The van der Waals surface area contributed by atoms with Crippen LogP contribution in [0.25, 0.3) is 0 Å². The average molecular weight is 160 g/mol. The first-order valence-electron chi connectivity index (χ1n) is 4.60. The summed E-state index contributed by atoms with van der Waals surface area (Å²) < 4.78 is 0. The molecule has 2 heteroatoms. The minimum absolute atomic E-state index is 0.0895. The van der Waals surface area contributed by atoms with E-state index in [1.54, 1.807) is 0 Å². The Morgan fingerprint density at radius 1 is 1.09 bits per heavy atom. The smallest absolute Gasteiger partial charge is 0.0770 e. The van der Waals surface area contributed by atoms with Crippen molar-refractivity contribution in [2.24, 2.45) is 0 Å². The summed E-state index contributed by atoms with van der Waals surface area (Å²) in [7, 11) is 0. The van der Waals surface area contributed by atoms with Gasteiger partial charge in [0.2, 0.25) is 0 Å². The van der Waals surface area contributed by atoms with Crippen LogP contribution in [0, 0.1) is 0 Å². The zero-order chi connectivity index (χ0) is 8.53. The fourth-order valence-corrected chi connectivity index (χ4v) is 1.07. The predicted octanol–water partition coefficient (Wildman–Crippen LogP) is 1.70. The van der Waals surface area contributed by atoms with Gasteiger partial charge in [-0.3, -0.25) is 0 Å². The quantitative estimate of drug-likeness (QED) is 0.556. The van der Waals surface area contributed by atoms with E-state index in [1.165, 1.54) is 25.7 Å². The van der Waals surface area contributed by atoms with Crippen molar-refractivity contribution in [2.45, 2.75) is 51.6 Å². The van der Waals surface area contributed by atoms with Crippen LogP contribution in [-0.2, 0) is 0 Å². The fourth-order valence-electron chi connectivity index (χ4n) is 1.07. The van der Waals surface area contributed by atoms with E-state index in [2.05, 4.69) is 6.92 Å². The molecule has 0 bridgehead atoms. The maximum Gasteiger partial charge on any atom is 0.0770 e. The van der Waals surface area contributed by atoms with E-state index in [9.17, 15) is 0 Å². The van der Waals surface area contributed by atoms with Crippen LogP contribution in [-0.4, -0.2) is 22.9 Å². The molecule has 0 unspecified atom stereocenters. The van der Waals surface area contributed by atoms with Crippen molar-refractivity contribution in [3.8, 4) is 0 Å². The normalized spacial score (nSPS) is 13.4. The minimum Gasteiger partial charge on any atom is -0.394 e. The molecule has 2 N–H and O–H groups in total. The number of rotatable bonds is 7. The van der Waals surface area contributed by atoms with E-state index in [1.807, 2.05) is 0 Å². The van der Waals surface area contributed by atoms with Gasteiger partial charge in [-0.15, -0.1) is 0 Å². The maximum atomic E-state index is 8.96. The first kappa shape index (κ1) is 10.9. The third-order valence-corrected chi connectivity index (χ3v) is 1.85. The summed E-state index contributed by atoms with van der Waals surface area (Å²) in [5, 5.41) is 17.5. The lowest BCUT2D eigenvalue weighted by Crippen LogP contribution is -2.10. The molecule has 0 aliphatic carbocycles. The van der Waals surface area contributed by atoms with Gasteiger partial charge in [0.15, 0.2) is 0 Å². The van der Waals surface area contributed by atoms with Gasteiger partial charge in [0.25, 0.3) is 0 Å². The first-order valence-corrected chi connectivity index (χ1v) is 4.60. The second-order valence-corrected chi connectivity index (χ2v) is 3.04.